The summed E-state index contributed by atoms with van der Waals surface area (Å²) in [4.78, 5) is 173. The lowest BCUT2D eigenvalue weighted by Crippen LogP contribution is -2.33. The normalized spacial score (nSPS) is 25.5. The number of rotatable bonds is 42. The van der Waals surface area contributed by atoms with Gasteiger partial charge in [-0.25, -0.2) is 50.9 Å². The maximum absolute atomic E-state index is 13.4. The number of ether oxygens (including phenoxy) is 1. The summed E-state index contributed by atoms with van der Waals surface area (Å²) in [6, 6.07) is -1.32. The topological polar surface area (TPSA) is 674 Å². The van der Waals surface area contributed by atoms with Crippen LogP contribution in [0.3, 0.4) is 0 Å². The van der Waals surface area contributed by atoms with Crippen molar-refractivity contribution >= 4 is 68.5 Å². The number of aryl methyl sites for hydroxylation is 5. The van der Waals surface area contributed by atoms with Crippen molar-refractivity contribution < 1.29 is 144 Å². The van der Waals surface area contributed by atoms with Crippen molar-refractivity contribution in [2.75, 3.05) is 39.6 Å². The zero-order chi connectivity index (χ0) is 76.3. The molecule has 4 aromatic rings. The molecule has 0 radical (unpaired) electrons. The number of aromatic nitrogens is 9. The molecule has 8 unspecified atom stereocenters. The molecule has 1 amide bonds. The van der Waals surface area contributed by atoms with Gasteiger partial charge in [-0.05, 0) is 85.0 Å². The van der Waals surface area contributed by atoms with E-state index < -0.39 is 177 Å². The SMILES string of the molecule is Cc1cn([C@@H]2C[C@H](COP(=O)(O)O[C@@H]3C[C@H](n4cc(C)c(=O)[nH]c4=O)C[C@@H]3COP(=O)(O)OCCCCc3cn(CCCC(=O)NCCCCCCOP(=O)(O)OP(=O)(O)OP(=O)(O)OP(=O)(O)OP(=O)(O)OP(=O)(O)OC[C@@H]4O[C@H](n5cc(C)c(=O)[nH]c5=O)C[C@@H]4O)nn3)[C@H](O)C2)c(=O)[nH]c1=O. The summed E-state index contributed by atoms with van der Waals surface area (Å²) in [5.74, 6) is -1.96. The van der Waals surface area contributed by atoms with Crippen LogP contribution in [-0.2, 0) is 108 Å². The van der Waals surface area contributed by atoms with Crippen molar-refractivity contribution in [1.82, 2.24) is 49.0 Å². The third kappa shape index (κ3) is 27.4. The Hall–Kier alpha value is -4.39. The number of nitrogens with zero attached hydrogens (tertiary/aromatic N) is 6. The Kier molecular flexibility index (Phi) is 30.2. The molecule has 2 saturated carbocycles. The number of phosphoric acid groups is 8. The number of hydrogen-bond donors (Lipinski definition) is 14. The summed E-state index contributed by atoms with van der Waals surface area (Å²) in [6.45, 7) is 1.74. The van der Waals surface area contributed by atoms with E-state index in [-0.39, 0.29) is 93.5 Å². The van der Waals surface area contributed by atoms with Crippen LogP contribution >= 0.6 is 62.6 Å². The largest absolute Gasteiger partial charge is 0.490 e. The van der Waals surface area contributed by atoms with Crippen molar-refractivity contribution in [2.45, 2.75) is 160 Å². The molecule has 0 spiro atoms. The number of amides is 1. The quantitative estimate of drug-likeness (QED) is 0.0222. The molecule has 17 atom stereocenters. The summed E-state index contributed by atoms with van der Waals surface area (Å²) in [5, 5.41) is 31.9. The van der Waals surface area contributed by atoms with Crippen LogP contribution in [0, 0.1) is 32.6 Å². The highest BCUT2D eigenvalue weighted by molar-refractivity contribution is 7.72. The zero-order valence-electron chi connectivity index (χ0n) is 54.6. The Labute approximate surface area is 580 Å². The Morgan fingerprint density at radius 2 is 0.971 bits per heavy atom. The van der Waals surface area contributed by atoms with Gasteiger partial charge in [0, 0.05) is 91.3 Å². The van der Waals surface area contributed by atoms with Gasteiger partial charge in [0.15, 0.2) is 0 Å². The molecule has 0 aromatic carbocycles. The number of phosphoric ester groups is 4. The lowest BCUT2D eigenvalue weighted by molar-refractivity contribution is -0.121. The molecule has 4 aromatic heterocycles. The second-order valence-corrected chi connectivity index (χ2v) is 36.1. The van der Waals surface area contributed by atoms with E-state index in [1.807, 2.05) is 4.98 Å². The lowest BCUT2D eigenvalue weighted by atomic mass is 10.1. The molecular weight excluding hydrogens is 1560 g/mol. The highest BCUT2D eigenvalue weighted by Gasteiger charge is 2.51. The number of aromatic amines is 3. The molecule has 0 bridgehead atoms. The van der Waals surface area contributed by atoms with Gasteiger partial charge in [0.25, 0.3) is 16.7 Å². The van der Waals surface area contributed by atoms with Crippen molar-refractivity contribution in [3.05, 3.63) is 110 Å². The molecular formula is C48H78N10O37P8. The van der Waals surface area contributed by atoms with E-state index in [9.17, 15) is 119 Å². The summed E-state index contributed by atoms with van der Waals surface area (Å²) in [7, 11) is -47.1. The first-order chi connectivity index (χ1) is 47.8. The van der Waals surface area contributed by atoms with E-state index in [1.54, 1.807) is 6.20 Å². The van der Waals surface area contributed by atoms with E-state index >= 15 is 0 Å². The van der Waals surface area contributed by atoms with Crippen molar-refractivity contribution in [3.63, 3.8) is 0 Å². The van der Waals surface area contributed by atoms with Gasteiger partial charge in [-0.15, -0.1) is 5.10 Å². The molecule has 55 heteroatoms. The van der Waals surface area contributed by atoms with E-state index in [0.717, 1.165) is 10.8 Å². The number of unbranched alkanes of at least 4 members (excludes halogenated alkanes) is 4. The molecule has 47 nitrogen and oxygen atoms in total. The summed E-state index contributed by atoms with van der Waals surface area (Å²) < 4.78 is 160. The lowest BCUT2D eigenvalue weighted by Gasteiger charge is -2.24. The molecule has 1 aliphatic heterocycles. The fourth-order valence-electron chi connectivity index (χ4n) is 10.8. The maximum atomic E-state index is 13.4. The molecule has 103 heavy (non-hydrogen) atoms. The fraction of sp³-hybridized carbons (Fsp3) is 0.688. The average molecular weight is 1630 g/mol. The van der Waals surface area contributed by atoms with Gasteiger partial charge < -0.3 is 59.4 Å². The molecule has 14 N–H and O–H groups in total. The van der Waals surface area contributed by atoms with E-state index in [1.165, 1.54) is 47.0 Å². The van der Waals surface area contributed by atoms with Crippen LogP contribution in [0.2, 0.25) is 0 Å². The first-order valence-electron chi connectivity index (χ1n) is 31.0. The Morgan fingerprint density at radius 3 is 1.54 bits per heavy atom. The predicted octanol–water partition coefficient (Wildman–Crippen LogP) is 1.90. The first-order valence-corrected chi connectivity index (χ1v) is 43.0. The number of hydrogen-bond acceptors (Lipinski definition) is 31. The number of H-pyrrole nitrogens is 3. The van der Waals surface area contributed by atoms with Crippen LogP contribution in [0.1, 0.15) is 124 Å². The van der Waals surface area contributed by atoms with Gasteiger partial charge in [0.05, 0.1) is 57.0 Å². The monoisotopic (exact) mass is 1630 g/mol. The summed E-state index contributed by atoms with van der Waals surface area (Å²) >= 11 is 0. The van der Waals surface area contributed by atoms with Gasteiger partial charge in [-0.1, -0.05) is 18.1 Å². The molecule has 1 saturated heterocycles. The molecule has 582 valence electrons. The molecule has 5 heterocycles. The second kappa shape index (κ2) is 36.2. The number of carbonyl (C=O) groups is 1. The number of aliphatic hydroxyl groups is 2. The minimum absolute atomic E-state index is 0.00149. The number of nitrogens with one attached hydrogen (secondary N) is 4. The van der Waals surface area contributed by atoms with Gasteiger partial charge in [0.1, 0.15) is 12.3 Å². The van der Waals surface area contributed by atoms with Crippen LogP contribution in [0.4, 0.5) is 0 Å². The molecule has 3 aliphatic rings. The van der Waals surface area contributed by atoms with Gasteiger partial charge >= 0.3 is 79.7 Å². The van der Waals surface area contributed by atoms with Gasteiger partial charge in [-0.3, -0.25) is 79.7 Å². The van der Waals surface area contributed by atoms with Crippen LogP contribution in [-0.4, -0.2) is 163 Å². The molecule has 3 fully saturated rings. The molecule has 7 rings (SSSR count). The van der Waals surface area contributed by atoms with Crippen molar-refractivity contribution in [3.8, 4) is 0 Å². The minimum Gasteiger partial charge on any atom is -0.393 e. The smallest absolute Gasteiger partial charge is 0.393 e. The predicted molar refractivity (Wildman–Crippen MR) is 345 cm³/mol. The number of carbonyl (C=O) groups excluding carboxylic acids is 1. The number of aliphatic hydroxyl groups excluding tert-OH is 2. The summed E-state index contributed by atoms with van der Waals surface area (Å²) in [6.07, 6.45) is 1.05. The Bertz CT molecular complexity index is 4430. The van der Waals surface area contributed by atoms with Crippen LogP contribution in [0.5, 0.6) is 0 Å². The fourth-order valence-corrected chi connectivity index (χ4v) is 20.5. The highest BCUT2D eigenvalue weighted by Crippen LogP contribution is 2.75. The standard InChI is InChI=1S/C48H78N10O37P8/c1-29-22-56(46(65)50-43(29)62)35-17-32(37(59)19-35)26-87-97(70,71)90-39-20-36(57-23-30(2)44(63)51-47(57)66)18-33(39)27-86-96(68,69)84-16-9-6-11-34-25-55(54-53-34)14-10-12-41(61)49-13-7-4-5-8-15-85-98(72,73)91-100(76,77)93-102(80,81)95-103(82,83)94-101(78,79)92-99(74,75)88-28-40-38(60)21-42(89-40)58-24-31(3)45(64)52-48(58)67/h22-25,32-33,35-40,42,59-60H,4-21,26-28H2,1-3H3,(H,49,61)(H,68,69)(H,70,71)(H,72,73)(H,74,75)(H,76,77)(H,78,79)(H,80,81)(H,82,83)(H,50,62,65)(H,51,63,66)(H,52,64,67)/t32-,33-,35-,36-,37-,38+,39-,40+,42+/m1/s1. The van der Waals surface area contributed by atoms with Crippen LogP contribution < -0.4 is 39.1 Å². The Morgan fingerprint density at radius 1 is 0.515 bits per heavy atom. The highest BCUT2D eigenvalue weighted by atomic mass is 31.3. The minimum atomic E-state index is -6.56. The molecule has 2 aliphatic carbocycles. The van der Waals surface area contributed by atoms with E-state index in [0.29, 0.717) is 44.3 Å². The second-order valence-electron chi connectivity index (χ2n) is 23.9. The third-order valence-corrected chi connectivity index (χ3v) is 26.9. The maximum Gasteiger partial charge on any atom is 0.490 e. The van der Waals surface area contributed by atoms with Crippen molar-refractivity contribution in [2.24, 2.45) is 11.8 Å². The average Bonchev–Trinajstić information content (AvgIpc) is 1.76. The first kappa shape index (κ1) is 85.9. The van der Waals surface area contributed by atoms with E-state index in [2.05, 4.69) is 56.2 Å². The Balaban J connectivity index is 0.729. The van der Waals surface area contributed by atoms with Crippen molar-refractivity contribution in [1.29, 1.82) is 0 Å². The third-order valence-electron chi connectivity index (χ3n) is 15.7. The van der Waals surface area contributed by atoms with Gasteiger partial charge in [0.2, 0.25) is 5.91 Å². The van der Waals surface area contributed by atoms with E-state index in [4.69, 9.17) is 22.8 Å². The van der Waals surface area contributed by atoms with Crippen LogP contribution in [0.25, 0.3) is 0 Å². The zero-order valence-corrected chi connectivity index (χ0v) is 61.8. The van der Waals surface area contributed by atoms with Gasteiger partial charge in [-0.2, -0.15) is 21.6 Å². The summed E-state index contributed by atoms with van der Waals surface area (Å²) in [5.41, 5.74) is -3.29. The van der Waals surface area contributed by atoms with Crippen LogP contribution in [0.15, 0.2) is 53.6 Å².